The minimum atomic E-state index is 0.348. The second kappa shape index (κ2) is 5.86. The molecular formula is C13H15ClN4O. The molecule has 0 spiro atoms. The summed E-state index contributed by atoms with van der Waals surface area (Å²) in [7, 11) is 0. The van der Waals surface area contributed by atoms with Crippen LogP contribution in [0.15, 0.2) is 24.3 Å². The first-order valence-corrected chi connectivity index (χ1v) is 6.17. The highest BCUT2D eigenvalue weighted by Crippen LogP contribution is 2.23. The molecule has 0 aliphatic carbocycles. The van der Waals surface area contributed by atoms with E-state index < -0.39 is 0 Å². The van der Waals surface area contributed by atoms with E-state index in [1.54, 1.807) is 6.92 Å². The SMILES string of the molecule is Cc1nc(NN)c(C)c(OCc2ccccc2Cl)n1. The number of ether oxygens (including phenoxy) is 1. The zero-order valence-electron chi connectivity index (χ0n) is 10.8. The summed E-state index contributed by atoms with van der Waals surface area (Å²) >= 11 is 6.07. The van der Waals surface area contributed by atoms with Gasteiger partial charge < -0.3 is 10.2 Å². The van der Waals surface area contributed by atoms with Gasteiger partial charge in [0.2, 0.25) is 5.88 Å². The fourth-order valence-electron chi connectivity index (χ4n) is 1.65. The van der Waals surface area contributed by atoms with E-state index >= 15 is 0 Å². The number of anilines is 1. The van der Waals surface area contributed by atoms with Gasteiger partial charge in [0, 0.05) is 10.6 Å². The molecule has 0 aliphatic heterocycles. The van der Waals surface area contributed by atoms with E-state index in [1.165, 1.54) is 0 Å². The quantitative estimate of drug-likeness (QED) is 0.664. The molecule has 0 unspecified atom stereocenters. The van der Waals surface area contributed by atoms with Crippen LogP contribution in [0.1, 0.15) is 17.0 Å². The zero-order valence-corrected chi connectivity index (χ0v) is 11.5. The first-order chi connectivity index (χ1) is 9.11. The molecule has 3 N–H and O–H groups in total. The maximum atomic E-state index is 6.07. The van der Waals surface area contributed by atoms with Gasteiger partial charge in [-0.25, -0.2) is 10.8 Å². The van der Waals surface area contributed by atoms with E-state index in [9.17, 15) is 0 Å². The van der Waals surface area contributed by atoms with Crippen molar-refractivity contribution in [1.82, 2.24) is 9.97 Å². The lowest BCUT2D eigenvalue weighted by atomic mass is 10.2. The van der Waals surface area contributed by atoms with Gasteiger partial charge in [-0.3, -0.25) is 0 Å². The summed E-state index contributed by atoms with van der Waals surface area (Å²) in [5.41, 5.74) is 4.20. The summed E-state index contributed by atoms with van der Waals surface area (Å²) in [6.07, 6.45) is 0. The molecule has 0 atom stereocenters. The predicted molar refractivity (Wildman–Crippen MR) is 75.1 cm³/mol. The van der Waals surface area contributed by atoms with Crippen LogP contribution in [0.2, 0.25) is 5.02 Å². The minimum absolute atomic E-state index is 0.348. The Balaban J connectivity index is 2.20. The number of nitrogens with zero attached hydrogens (tertiary/aromatic N) is 2. The van der Waals surface area contributed by atoms with Gasteiger partial charge in [0.25, 0.3) is 0 Å². The highest BCUT2D eigenvalue weighted by molar-refractivity contribution is 6.31. The predicted octanol–water partition coefficient (Wildman–Crippen LogP) is 2.61. The number of nitrogen functional groups attached to an aromatic ring is 1. The Morgan fingerprint density at radius 2 is 2.00 bits per heavy atom. The van der Waals surface area contributed by atoms with Crippen molar-refractivity contribution >= 4 is 17.4 Å². The van der Waals surface area contributed by atoms with Crippen LogP contribution in [0.25, 0.3) is 0 Å². The van der Waals surface area contributed by atoms with Gasteiger partial charge in [0.05, 0.1) is 5.56 Å². The van der Waals surface area contributed by atoms with Crippen molar-refractivity contribution in [2.45, 2.75) is 20.5 Å². The Labute approximate surface area is 116 Å². The topological polar surface area (TPSA) is 73.1 Å². The average Bonchev–Trinajstić information content (AvgIpc) is 2.41. The monoisotopic (exact) mass is 278 g/mol. The molecule has 19 heavy (non-hydrogen) atoms. The summed E-state index contributed by atoms with van der Waals surface area (Å²) in [5, 5.41) is 0.670. The maximum Gasteiger partial charge on any atom is 0.222 e. The van der Waals surface area contributed by atoms with E-state index in [-0.39, 0.29) is 0 Å². The molecule has 6 heteroatoms. The molecule has 5 nitrogen and oxygen atoms in total. The van der Waals surface area contributed by atoms with Gasteiger partial charge in [-0.2, -0.15) is 4.98 Å². The molecule has 0 amide bonds. The summed E-state index contributed by atoms with van der Waals surface area (Å²) < 4.78 is 5.70. The molecular weight excluding hydrogens is 264 g/mol. The number of aryl methyl sites for hydroxylation is 1. The zero-order chi connectivity index (χ0) is 13.8. The number of halogens is 1. The van der Waals surface area contributed by atoms with Crippen LogP contribution in [0, 0.1) is 13.8 Å². The smallest absolute Gasteiger partial charge is 0.222 e. The van der Waals surface area contributed by atoms with E-state index in [0.717, 1.165) is 11.1 Å². The van der Waals surface area contributed by atoms with Gasteiger partial charge in [0.15, 0.2) is 0 Å². The number of hydrogen-bond donors (Lipinski definition) is 2. The van der Waals surface area contributed by atoms with Gasteiger partial charge in [0.1, 0.15) is 18.2 Å². The molecule has 2 aromatic rings. The van der Waals surface area contributed by atoms with Crippen LogP contribution in [0.3, 0.4) is 0 Å². The fraction of sp³-hybridized carbons (Fsp3) is 0.231. The average molecular weight is 279 g/mol. The Morgan fingerprint density at radius 1 is 1.26 bits per heavy atom. The first-order valence-electron chi connectivity index (χ1n) is 5.80. The van der Waals surface area contributed by atoms with Crippen molar-refractivity contribution in [2.24, 2.45) is 5.84 Å². The highest BCUT2D eigenvalue weighted by Gasteiger charge is 2.10. The van der Waals surface area contributed by atoms with E-state index in [1.807, 2.05) is 31.2 Å². The van der Waals surface area contributed by atoms with Crippen LogP contribution in [0.5, 0.6) is 5.88 Å². The largest absolute Gasteiger partial charge is 0.472 e. The third-order valence-corrected chi connectivity index (χ3v) is 3.04. The molecule has 1 aromatic carbocycles. The van der Waals surface area contributed by atoms with Crippen LogP contribution >= 0.6 is 11.6 Å². The molecule has 0 saturated heterocycles. The highest BCUT2D eigenvalue weighted by atomic mass is 35.5. The van der Waals surface area contributed by atoms with Crippen molar-refractivity contribution in [3.63, 3.8) is 0 Å². The van der Waals surface area contributed by atoms with E-state index in [2.05, 4.69) is 15.4 Å². The summed E-state index contributed by atoms with van der Waals surface area (Å²) in [6.45, 7) is 3.97. The van der Waals surface area contributed by atoms with Gasteiger partial charge in [-0.15, -0.1) is 0 Å². The second-order valence-electron chi connectivity index (χ2n) is 4.07. The third-order valence-electron chi connectivity index (χ3n) is 2.67. The number of hydrogen-bond acceptors (Lipinski definition) is 5. The van der Waals surface area contributed by atoms with E-state index in [0.29, 0.717) is 29.2 Å². The summed E-state index contributed by atoms with van der Waals surface area (Å²) in [4.78, 5) is 8.43. The third kappa shape index (κ3) is 3.13. The van der Waals surface area contributed by atoms with Crippen molar-refractivity contribution in [2.75, 3.05) is 5.43 Å². The lowest BCUT2D eigenvalue weighted by molar-refractivity contribution is 0.290. The minimum Gasteiger partial charge on any atom is -0.472 e. The van der Waals surface area contributed by atoms with Crippen molar-refractivity contribution in [3.8, 4) is 5.88 Å². The standard InChI is InChI=1S/C13H15ClN4O/c1-8-12(18-15)16-9(2)17-13(8)19-7-10-5-3-4-6-11(10)14/h3-6H,7,15H2,1-2H3,(H,16,17,18). The van der Waals surface area contributed by atoms with Gasteiger partial charge >= 0.3 is 0 Å². The Bertz CT molecular complexity index is 589. The molecule has 100 valence electrons. The molecule has 0 radical (unpaired) electrons. The van der Waals surface area contributed by atoms with Crippen LogP contribution in [0.4, 0.5) is 5.82 Å². The Kier molecular flexibility index (Phi) is 4.19. The number of hydrazine groups is 1. The van der Waals surface area contributed by atoms with Crippen LogP contribution < -0.4 is 16.0 Å². The number of nitrogens with one attached hydrogen (secondary N) is 1. The van der Waals surface area contributed by atoms with Crippen molar-refractivity contribution < 1.29 is 4.74 Å². The molecule has 2 rings (SSSR count). The molecule has 1 heterocycles. The fourth-order valence-corrected chi connectivity index (χ4v) is 1.84. The normalized spacial score (nSPS) is 10.3. The molecule has 0 saturated carbocycles. The lowest BCUT2D eigenvalue weighted by Gasteiger charge is -2.12. The van der Waals surface area contributed by atoms with Crippen LogP contribution in [-0.2, 0) is 6.61 Å². The first kappa shape index (κ1) is 13.6. The van der Waals surface area contributed by atoms with Crippen molar-refractivity contribution in [1.29, 1.82) is 0 Å². The molecule has 1 aromatic heterocycles. The molecule has 0 fully saturated rings. The van der Waals surface area contributed by atoms with Crippen molar-refractivity contribution in [3.05, 3.63) is 46.2 Å². The lowest BCUT2D eigenvalue weighted by Crippen LogP contribution is -2.13. The number of aromatic nitrogens is 2. The number of benzene rings is 1. The van der Waals surface area contributed by atoms with E-state index in [4.69, 9.17) is 22.2 Å². The number of rotatable bonds is 4. The maximum absolute atomic E-state index is 6.07. The molecule has 0 bridgehead atoms. The Hall–Kier alpha value is -1.85. The summed E-state index contributed by atoms with van der Waals surface area (Å²) in [5.74, 6) is 7.05. The summed E-state index contributed by atoms with van der Waals surface area (Å²) in [6, 6.07) is 7.52. The van der Waals surface area contributed by atoms with Gasteiger partial charge in [-0.05, 0) is 19.9 Å². The van der Waals surface area contributed by atoms with Gasteiger partial charge in [-0.1, -0.05) is 29.8 Å². The Morgan fingerprint density at radius 3 is 2.68 bits per heavy atom. The second-order valence-corrected chi connectivity index (χ2v) is 4.48. The number of nitrogens with two attached hydrogens (primary N) is 1. The van der Waals surface area contributed by atoms with Crippen LogP contribution in [-0.4, -0.2) is 9.97 Å². The molecule has 0 aliphatic rings.